The molecule has 1 radical (unpaired) electrons. The molecule has 1 rings (SSSR count). The van der Waals surface area contributed by atoms with Crippen LogP contribution in [0.15, 0.2) is 17.2 Å². The molecule has 0 amide bonds. The molecule has 0 heterocycles. The van der Waals surface area contributed by atoms with E-state index in [1.54, 1.807) is 0 Å². The standard InChI is InChI=1S/C8H11.2ClH.Ti/c1-3-8-5-4-7(2)6-8;;;/h6H,3-4H2,1-2H3;2*1H;/q-1;;;+3/p-2. The van der Waals surface area contributed by atoms with Crippen molar-refractivity contribution in [3.63, 3.8) is 0 Å². The Hall–Kier alpha value is 0.774. The van der Waals surface area contributed by atoms with E-state index in [0.29, 0.717) is 0 Å². The zero-order valence-electron chi connectivity index (χ0n) is 6.75. The third-order valence-electron chi connectivity index (χ3n) is 1.40. The number of rotatable bonds is 1. The van der Waals surface area contributed by atoms with Crippen LogP contribution in [0.5, 0.6) is 0 Å². The van der Waals surface area contributed by atoms with Gasteiger partial charge in [-0.3, -0.25) is 6.08 Å². The summed E-state index contributed by atoms with van der Waals surface area (Å²) in [6.07, 6.45) is 7.70. The van der Waals surface area contributed by atoms with Gasteiger partial charge in [-0.1, -0.05) is 20.3 Å². The Kier molecular flexibility index (Phi) is 14.3. The van der Waals surface area contributed by atoms with Crippen LogP contribution in [0.3, 0.4) is 0 Å². The van der Waals surface area contributed by atoms with Crippen molar-refractivity contribution < 1.29 is 46.5 Å². The van der Waals surface area contributed by atoms with Gasteiger partial charge in [-0.05, 0) is 0 Å². The fraction of sp³-hybridized carbons (Fsp3) is 0.500. The van der Waals surface area contributed by atoms with Crippen molar-refractivity contribution in [1.29, 1.82) is 0 Å². The second-order valence-electron chi connectivity index (χ2n) is 2.22. The van der Waals surface area contributed by atoms with Gasteiger partial charge >= 0.3 is 21.7 Å². The quantitative estimate of drug-likeness (QED) is 0.321. The Balaban J connectivity index is -0.000000213. The molecule has 0 spiro atoms. The molecule has 0 fully saturated rings. The Morgan fingerprint density at radius 3 is 2.18 bits per heavy atom. The summed E-state index contributed by atoms with van der Waals surface area (Å²) >= 11 is 0. The molecule has 0 aliphatic heterocycles. The van der Waals surface area contributed by atoms with Gasteiger partial charge in [-0.25, -0.2) is 11.6 Å². The molecule has 1 aliphatic rings. The second kappa shape index (κ2) is 8.87. The molecule has 0 unspecified atom stereocenters. The topological polar surface area (TPSA) is 0 Å². The van der Waals surface area contributed by atoms with Gasteiger partial charge in [0.15, 0.2) is 0 Å². The first-order chi connectivity index (χ1) is 3.83. The van der Waals surface area contributed by atoms with Crippen molar-refractivity contribution >= 4 is 0 Å². The Labute approximate surface area is 96.2 Å². The van der Waals surface area contributed by atoms with Gasteiger partial charge in [0.1, 0.15) is 0 Å². The molecular formula is C8H11Cl2Ti. The summed E-state index contributed by atoms with van der Waals surface area (Å²) in [6.45, 7) is 4.31. The minimum atomic E-state index is 0. The van der Waals surface area contributed by atoms with Gasteiger partial charge in [-0.2, -0.15) is 5.57 Å². The van der Waals surface area contributed by atoms with Crippen molar-refractivity contribution in [2.45, 2.75) is 26.7 Å². The van der Waals surface area contributed by atoms with Gasteiger partial charge in [0.2, 0.25) is 0 Å². The molecule has 0 aromatic rings. The molecular weight excluding hydrogens is 215 g/mol. The Morgan fingerprint density at radius 2 is 2.00 bits per heavy atom. The van der Waals surface area contributed by atoms with E-state index < -0.39 is 0 Å². The third-order valence-corrected chi connectivity index (χ3v) is 1.40. The smallest absolute Gasteiger partial charge is 1.00 e. The predicted octanol–water partition coefficient (Wildman–Crippen LogP) is -3.52. The predicted molar refractivity (Wildman–Crippen MR) is 35.4 cm³/mol. The molecule has 0 aromatic carbocycles. The molecule has 0 bridgehead atoms. The molecule has 0 aromatic heterocycles. The normalized spacial score (nSPS) is 13.3. The van der Waals surface area contributed by atoms with E-state index in [0.717, 1.165) is 12.8 Å². The van der Waals surface area contributed by atoms with Crippen LogP contribution >= 0.6 is 0 Å². The van der Waals surface area contributed by atoms with Crippen LogP contribution in [0.25, 0.3) is 0 Å². The van der Waals surface area contributed by atoms with Crippen LogP contribution < -0.4 is 24.8 Å². The van der Waals surface area contributed by atoms with E-state index in [2.05, 4.69) is 26.0 Å². The van der Waals surface area contributed by atoms with Gasteiger partial charge < -0.3 is 24.8 Å². The van der Waals surface area contributed by atoms with Crippen molar-refractivity contribution in [3.8, 4) is 0 Å². The Morgan fingerprint density at radius 1 is 1.45 bits per heavy atom. The first kappa shape index (κ1) is 17.8. The van der Waals surface area contributed by atoms with E-state index in [1.807, 2.05) is 0 Å². The molecule has 0 N–H and O–H groups in total. The molecule has 0 saturated heterocycles. The van der Waals surface area contributed by atoms with E-state index in [4.69, 9.17) is 0 Å². The van der Waals surface area contributed by atoms with Gasteiger partial charge in [0.05, 0.1) is 0 Å². The summed E-state index contributed by atoms with van der Waals surface area (Å²) in [7, 11) is 0. The zero-order chi connectivity index (χ0) is 5.98. The monoisotopic (exact) mass is 225 g/mol. The van der Waals surface area contributed by atoms with Crippen molar-refractivity contribution in [1.82, 2.24) is 0 Å². The Bertz CT molecular complexity index is 150. The van der Waals surface area contributed by atoms with E-state index in [9.17, 15) is 0 Å². The van der Waals surface area contributed by atoms with Crippen LogP contribution in [0.2, 0.25) is 0 Å². The van der Waals surface area contributed by atoms with E-state index in [-0.39, 0.29) is 46.5 Å². The van der Waals surface area contributed by atoms with E-state index in [1.165, 1.54) is 11.1 Å². The summed E-state index contributed by atoms with van der Waals surface area (Å²) < 4.78 is 0. The summed E-state index contributed by atoms with van der Waals surface area (Å²) in [4.78, 5) is 0. The molecule has 11 heavy (non-hydrogen) atoms. The van der Waals surface area contributed by atoms with Crippen LogP contribution in [-0.2, 0) is 21.7 Å². The molecule has 3 heteroatoms. The van der Waals surface area contributed by atoms with Crippen molar-refractivity contribution in [2.75, 3.05) is 0 Å². The zero-order valence-corrected chi connectivity index (χ0v) is 9.82. The summed E-state index contributed by atoms with van der Waals surface area (Å²) in [5, 5.41) is 0. The van der Waals surface area contributed by atoms with E-state index >= 15 is 0 Å². The fourth-order valence-corrected chi connectivity index (χ4v) is 0.880. The van der Waals surface area contributed by atoms with Crippen molar-refractivity contribution in [3.05, 3.63) is 23.3 Å². The maximum absolute atomic E-state index is 3.28. The maximum atomic E-state index is 3.28. The first-order valence-electron chi connectivity index (χ1n) is 3.10. The largest absolute Gasteiger partial charge is 3.00 e. The van der Waals surface area contributed by atoms with Gasteiger partial charge in [-0.15, -0.1) is 6.42 Å². The number of halogens is 2. The summed E-state index contributed by atoms with van der Waals surface area (Å²) in [5.41, 5.74) is 2.82. The molecule has 0 saturated carbocycles. The van der Waals surface area contributed by atoms with Crippen LogP contribution in [0, 0.1) is 6.08 Å². The molecule has 0 atom stereocenters. The maximum Gasteiger partial charge on any atom is 3.00 e. The van der Waals surface area contributed by atoms with Crippen LogP contribution in [0.4, 0.5) is 0 Å². The molecule has 0 nitrogen and oxygen atoms in total. The minimum Gasteiger partial charge on any atom is -1.00 e. The molecule has 1 aliphatic carbocycles. The second-order valence-corrected chi connectivity index (χ2v) is 2.22. The molecule has 61 valence electrons. The van der Waals surface area contributed by atoms with Crippen LogP contribution in [0.1, 0.15) is 26.7 Å². The van der Waals surface area contributed by atoms with Gasteiger partial charge in [0, 0.05) is 0 Å². The summed E-state index contributed by atoms with van der Waals surface area (Å²) in [5.74, 6) is 0. The minimum absolute atomic E-state index is 0. The van der Waals surface area contributed by atoms with Crippen LogP contribution in [-0.4, -0.2) is 0 Å². The van der Waals surface area contributed by atoms with Gasteiger partial charge in [0.25, 0.3) is 0 Å². The van der Waals surface area contributed by atoms with Crippen molar-refractivity contribution in [2.24, 2.45) is 0 Å². The SMILES string of the molecule is CCC1=[C-]CC(C)=C1.[Cl-].[Cl-].[Ti+3]. The number of hydrogen-bond acceptors (Lipinski definition) is 0. The fourth-order valence-electron chi connectivity index (χ4n) is 0.880. The average Bonchev–Trinajstić information content (AvgIpc) is 2.14. The number of allylic oxidation sites excluding steroid dienone is 4. The first-order valence-corrected chi connectivity index (χ1v) is 3.10. The average molecular weight is 226 g/mol. The number of hydrogen-bond donors (Lipinski definition) is 0. The third kappa shape index (κ3) is 5.98. The summed E-state index contributed by atoms with van der Waals surface area (Å²) in [6, 6.07) is 0.